The zero-order valence-corrected chi connectivity index (χ0v) is 12.5. The molecule has 1 aromatic rings. The summed E-state index contributed by atoms with van der Waals surface area (Å²) in [4.78, 5) is 14.0. The summed E-state index contributed by atoms with van der Waals surface area (Å²) in [5, 5.41) is 2.97. The maximum Gasteiger partial charge on any atom is 0.321 e. The number of hydrogen-bond donors (Lipinski definition) is 1. The number of amides is 2. The first-order chi connectivity index (χ1) is 8.56. The van der Waals surface area contributed by atoms with E-state index in [0.717, 1.165) is 29.7 Å². The fraction of sp³-hybridized carbons (Fsp3) is 0.500. The molecule has 1 saturated heterocycles. The first-order valence-electron chi connectivity index (χ1n) is 6.38. The molecule has 0 radical (unpaired) electrons. The van der Waals surface area contributed by atoms with Gasteiger partial charge in [0.25, 0.3) is 0 Å². The highest BCUT2D eigenvalue weighted by Crippen LogP contribution is 2.24. The highest BCUT2D eigenvalue weighted by molar-refractivity contribution is 9.10. The van der Waals surface area contributed by atoms with Crippen LogP contribution >= 0.6 is 15.9 Å². The summed E-state index contributed by atoms with van der Waals surface area (Å²) < 4.78 is 0.931. The van der Waals surface area contributed by atoms with Crippen LogP contribution in [0.4, 0.5) is 10.5 Å². The standard InChI is InChI=1S/C14H19BrN2O/c1-10-5-6-13(12(15)8-10)16-14(18)17-7-3-4-11(2)9-17/h5-6,8,11H,3-4,7,9H2,1-2H3,(H,16,18)/t11-/m1/s1. The lowest BCUT2D eigenvalue weighted by Gasteiger charge is -2.31. The Morgan fingerprint density at radius 2 is 2.28 bits per heavy atom. The van der Waals surface area contributed by atoms with E-state index in [4.69, 9.17) is 0 Å². The monoisotopic (exact) mass is 310 g/mol. The van der Waals surface area contributed by atoms with Gasteiger partial charge in [-0.2, -0.15) is 0 Å². The average Bonchev–Trinajstić information content (AvgIpc) is 2.32. The summed E-state index contributed by atoms with van der Waals surface area (Å²) in [6.07, 6.45) is 2.32. The summed E-state index contributed by atoms with van der Waals surface area (Å²) in [5.41, 5.74) is 2.01. The van der Waals surface area contributed by atoms with Gasteiger partial charge in [0.2, 0.25) is 0 Å². The third-order valence-electron chi connectivity index (χ3n) is 3.31. The number of rotatable bonds is 1. The highest BCUT2D eigenvalue weighted by atomic mass is 79.9. The van der Waals surface area contributed by atoms with Crippen LogP contribution in [0, 0.1) is 12.8 Å². The van der Waals surface area contributed by atoms with E-state index in [2.05, 4.69) is 28.2 Å². The second-order valence-electron chi connectivity index (χ2n) is 5.11. The minimum Gasteiger partial charge on any atom is -0.324 e. The third kappa shape index (κ3) is 3.25. The molecule has 1 aromatic carbocycles. The van der Waals surface area contributed by atoms with E-state index in [-0.39, 0.29) is 6.03 Å². The molecule has 0 spiro atoms. The number of carbonyl (C=O) groups is 1. The summed E-state index contributed by atoms with van der Waals surface area (Å²) in [5.74, 6) is 0.603. The van der Waals surface area contributed by atoms with Crippen molar-refractivity contribution in [3.05, 3.63) is 28.2 Å². The van der Waals surface area contributed by atoms with E-state index >= 15 is 0 Å². The number of nitrogens with zero attached hydrogens (tertiary/aromatic N) is 1. The van der Waals surface area contributed by atoms with Crippen molar-refractivity contribution in [1.82, 2.24) is 4.90 Å². The Kier molecular flexibility index (Phi) is 4.27. The number of anilines is 1. The molecule has 3 nitrogen and oxygen atoms in total. The van der Waals surface area contributed by atoms with Crippen molar-refractivity contribution in [2.75, 3.05) is 18.4 Å². The molecule has 1 aliphatic rings. The van der Waals surface area contributed by atoms with Crippen LogP contribution in [0.2, 0.25) is 0 Å². The van der Waals surface area contributed by atoms with Gasteiger partial charge in [-0.25, -0.2) is 4.79 Å². The Bertz CT molecular complexity index is 447. The number of halogens is 1. The molecule has 1 heterocycles. The van der Waals surface area contributed by atoms with Gasteiger partial charge >= 0.3 is 6.03 Å². The summed E-state index contributed by atoms with van der Waals surface area (Å²) in [7, 11) is 0. The number of hydrogen-bond acceptors (Lipinski definition) is 1. The fourth-order valence-electron chi connectivity index (χ4n) is 2.29. The van der Waals surface area contributed by atoms with Gasteiger partial charge in [0.05, 0.1) is 5.69 Å². The molecule has 0 saturated carbocycles. The lowest BCUT2D eigenvalue weighted by atomic mass is 10.0. The highest BCUT2D eigenvalue weighted by Gasteiger charge is 2.21. The molecule has 1 N–H and O–H groups in total. The SMILES string of the molecule is Cc1ccc(NC(=O)N2CCC[C@@H](C)C2)c(Br)c1. The molecule has 98 valence electrons. The van der Waals surface area contributed by atoms with Gasteiger partial charge in [-0.3, -0.25) is 0 Å². The first-order valence-corrected chi connectivity index (χ1v) is 7.17. The molecule has 2 rings (SSSR count). The number of aryl methyl sites for hydroxylation is 1. The molecule has 0 unspecified atom stereocenters. The topological polar surface area (TPSA) is 32.3 Å². The summed E-state index contributed by atoms with van der Waals surface area (Å²) in [6.45, 7) is 5.94. The van der Waals surface area contributed by atoms with E-state index < -0.39 is 0 Å². The van der Waals surface area contributed by atoms with E-state index in [1.807, 2.05) is 30.0 Å². The smallest absolute Gasteiger partial charge is 0.321 e. The number of benzene rings is 1. The third-order valence-corrected chi connectivity index (χ3v) is 3.97. The van der Waals surface area contributed by atoms with Crippen LogP contribution in [0.1, 0.15) is 25.3 Å². The van der Waals surface area contributed by atoms with E-state index in [1.165, 1.54) is 12.0 Å². The minimum absolute atomic E-state index is 0.00565. The Balaban J connectivity index is 2.02. The minimum atomic E-state index is 0.00565. The Morgan fingerprint density at radius 3 is 2.94 bits per heavy atom. The molecule has 4 heteroatoms. The van der Waals surface area contributed by atoms with Crippen LogP contribution in [-0.2, 0) is 0 Å². The van der Waals surface area contributed by atoms with Crippen LogP contribution in [-0.4, -0.2) is 24.0 Å². The van der Waals surface area contributed by atoms with Crippen molar-refractivity contribution >= 4 is 27.6 Å². The molecular weight excluding hydrogens is 292 g/mol. The van der Waals surface area contributed by atoms with Gasteiger partial charge in [-0.1, -0.05) is 13.0 Å². The quantitative estimate of drug-likeness (QED) is 0.834. The van der Waals surface area contributed by atoms with Crippen LogP contribution < -0.4 is 5.32 Å². The van der Waals surface area contributed by atoms with E-state index in [9.17, 15) is 4.79 Å². The van der Waals surface area contributed by atoms with Gasteiger partial charge in [-0.15, -0.1) is 0 Å². The lowest BCUT2D eigenvalue weighted by molar-refractivity contribution is 0.182. The second kappa shape index (κ2) is 5.74. The van der Waals surface area contributed by atoms with Gasteiger partial charge in [0.1, 0.15) is 0 Å². The normalized spacial score (nSPS) is 19.7. The van der Waals surface area contributed by atoms with Gasteiger partial charge in [0.15, 0.2) is 0 Å². The van der Waals surface area contributed by atoms with Gasteiger partial charge in [0, 0.05) is 17.6 Å². The largest absolute Gasteiger partial charge is 0.324 e. The number of piperidine rings is 1. The van der Waals surface area contributed by atoms with Crippen LogP contribution in [0.3, 0.4) is 0 Å². The maximum atomic E-state index is 12.1. The zero-order chi connectivity index (χ0) is 13.1. The van der Waals surface area contributed by atoms with Gasteiger partial charge in [-0.05, 0) is 59.3 Å². The number of carbonyl (C=O) groups excluding carboxylic acids is 1. The van der Waals surface area contributed by atoms with Crippen molar-refractivity contribution in [3.63, 3.8) is 0 Å². The lowest BCUT2D eigenvalue weighted by Crippen LogP contribution is -2.41. The number of urea groups is 1. The molecule has 1 fully saturated rings. The molecule has 18 heavy (non-hydrogen) atoms. The molecule has 0 bridgehead atoms. The molecule has 1 atom stereocenters. The van der Waals surface area contributed by atoms with Crippen LogP contribution in [0.15, 0.2) is 22.7 Å². The molecular formula is C14H19BrN2O. The first kappa shape index (κ1) is 13.4. The maximum absolute atomic E-state index is 12.1. The fourth-order valence-corrected chi connectivity index (χ4v) is 2.88. The summed E-state index contributed by atoms with van der Waals surface area (Å²) in [6, 6.07) is 5.95. The molecule has 1 aliphatic heterocycles. The number of nitrogens with one attached hydrogen (secondary N) is 1. The Labute approximate surface area is 117 Å². The van der Waals surface area contributed by atoms with Gasteiger partial charge < -0.3 is 10.2 Å². The second-order valence-corrected chi connectivity index (χ2v) is 5.96. The van der Waals surface area contributed by atoms with Crippen LogP contribution in [0.5, 0.6) is 0 Å². The van der Waals surface area contributed by atoms with Crippen molar-refractivity contribution in [2.45, 2.75) is 26.7 Å². The Hall–Kier alpha value is -1.03. The van der Waals surface area contributed by atoms with E-state index in [0.29, 0.717) is 5.92 Å². The Morgan fingerprint density at radius 1 is 1.50 bits per heavy atom. The van der Waals surface area contributed by atoms with Crippen molar-refractivity contribution in [2.24, 2.45) is 5.92 Å². The average molecular weight is 311 g/mol. The predicted molar refractivity (Wildman–Crippen MR) is 77.9 cm³/mol. The van der Waals surface area contributed by atoms with Crippen molar-refractivity contribution in [1.29, 1.82) is 0 Å². The molecule has 0 aliphatic carbocycles. The number of likely N-dealkylation sites (tertiary alicyclic amines) is 1. The predicted octanol–water partition coefficient (Wildman–Crippen LogP) is 4.02. The van der Waals surface area contributed by atoms with Crippen molar-refractivity contribution in [3.8, 4) is 0 Å². The molecule has 2 amide bonds. The summed E-state index contributed by atoms with van der Waals surface area (Å²) >= 11 is 3.48. The van der Waals surface area contributed by atoms with Crippen LogP contribution in [0.25, 0.3) is 0 Å². The molecule has 0 aromatic heterocycles. The van der Waals surface area contributed by atoms with E-state index in [1.54, 1.807) is 0 Å². The zero-order valence-electron chi connectivity index (χ0n) is 10.9. The van der Waals surface area contributed by atoms with Crippen molar-refractivity contribution < 1.29 is 4.79 Å².